The van der Waals surface area contributed by atoms with E-state index in [9.17, 15) is 4.79 Å². The van der Waals surface area contributed by atoms with Crippen molar-refractivity contribution in [1.82, 2.24) is 0 Å². The number of hydrogen-bond donors (Lipinski definition) is 0. The van der Waals surface area contributed by atoms with E-state index >= 15 is 0 Å². The minimum atomic E-state index is -0.163. The Kier molecular flexibility index (Phi) is 11.2. The molecule has 0 atom stereocenters. The van der Waals surface area contributed by atoms with Crippen molar-refractivity contribution in [1.29, 1.82) is 0 Å². The van der Waals surface area contributed by atoms with Gasteiger partial charge in [-0.25, -0.2) is 0 Å². The molecule has 2 aromatic rings. The maximum absolute atomic E-state index is 12.0. The van der Waals surface area contributed by atoms with Crippen molar-refractivity contribution in [2.75, 3.05) is 6.61 Å². The second-order valence-electron chi connectivity index (χ2n) is 7.55. The third kappa shape index (κ3) is 9.18. The van der Waals surface area contributed by atoms with Crippen LogP contribution in [0.25, 0.3) is 11.1 Å². The molecule has 0 N–H and O–H groups in total. The number of hydrogen-bond acceptors (Lipinski definition) is 3. The minimum absolute atomic E-state index is 0.163. The van der Waals surface area contributed by atoms with E-state index in [1.165, 1.54) is 12.8 Å². The van der Waals surface area contributed by atoms with Crippen molar-refractivity contribution in [2.45, 2.75) is 71.1 Å². The Morgan fingerprint density at radius 1 is 0.800 bits per heavy atom. The van der Waals surface area contributed by atoms with Crippen LogP contribution < -0.4 is 9.47 Å². The van der Waals surface area contributed by atoms with Crippen LogP contribution in [-0.4, -0.2) is 12.6 Å². The molecule has 0 unspecified atom stereocenters. The maximum Gasteiger partial charge on any atom is 0.311 e. The van der Waals surface area contributed by atoms with Gasteiger partial charge in [0.2, 0.25) is 0 Å². The van der Waals surface area contributed by atoms with E-state index in [-0.39, 0.29) is 5.97 Å². The van der Waals surface area contributed by atoms with Gasteiger partial charge in [-0.15, -0.1) is 12.3 Å². The molecular weight excluding hydrogens is 372 g/mol. The molecule has 0 fully saturated rings. The molecule has 0 spiro atoms. The number of esters is 1. The van der Waals surface area contributed by atoms with Gasteiger partial charge in [-0.2, -0.15) is 0 Å². The second kappa shape index (κ2) is 14.3. The summed E-state index contributed by atoms with van der Waals surface area (Å²) < 4.78 is 11.2. The second-order valence-corrected chi connectivity index (χ2v) is 7.55. The fourth-order valence-electron chi connectivity index (χ4n) is 3.18. The van der Waals surface area contributed by atoms with Crippen LogP contribution in [-0.2, 0) is 4.79 Å². The summed E-state index contributed by atoms with van der Waals surface area (Å²) in [5, 5.41) is 0. The Bertz CT molecular complexity index is 769. The predicted octanol–water partition coefficient (Wildman–Crippen LogP) is 7.19. The van der Waals surface area contributed by atoms with Crippen molar-refractivity contribution < 1.29 is 14.3 Å². The van der Waals surface area contributed by atoms with Gasteiger partial charge in [0.25, 0.3) is 0 Å². The van der Waals surface area contributed by atoms with E-state index < -0.39 is 0 Å². The molecular formula is C27H34O3. The van der Waals surface area contributed by atoms with Crippen LogP contribution in [0.1, 0.15) is 71.1 Å². The third-order valence-electron chi connectivity index (χ3n) is 4.99. The third-order valence-corrected chi connectivity index (χ3v) is 4.99. The minimum Gasteiger partial charge on any atom is -0.494 e. The van der Waals surface area contributed by atoms with Crippen LogP contribution in [0.5, 0.6) is 11.5 Å². The van der Waals surface area contributed by atoms with Crippen LogP contribution in [0, 0.1) is 12.3 Å². The highest BCUT2D eigenvalue weighted by Crippen LogP contribution is 2.25. The summed E-state index contributed by atoms with van der Waals surface area (Å²) in [7, 11) is 0. The molecule has 160 valence electrons. The van der Waals surface area contributed by atoms with Gasteiger partial charge in [0.15, 0.2) is 0 Å². The fourth-order valence-corrected chi connectivity index (χ4v) is 3.18. The maximum atomic E-state index is 12.0. The Balaban J connectivity index is 1.70. The SMILES string of the molecule is C#CCCCCCCCCC(=O)Oc1ccc(-c2ccc(OCCCC)cc2)cc1. The first kappa shape index (κ1) is 23.5. The average molecular weight is 407 g/mol. The molecule has 0 aliphatic carbocycles. The summed E-state index contributed by atoms with van der Waals surface area (Å²) >= 11 is 0. The van der Waals surface area contributed by atoms with Crippen LogP contribution in [0.4, 0.5) is 0 Å². The van der Waals surface area contributed by atoms with Crippen LogP contribution in [0.15, 0.2) is 48.5 Å². The van der Waals surface area contributed by atoms with Crippen molar-refractivity contribution in [3.05, 3.63) is 48.5 Å². The Hall–Kier alpha value is -2.73. The Morgan fingerprint density at radius 3 is 1.97 bits per heavy atom. The summed E-state index contributed by atoms with van der Waals surface area (Å²) in [6.07, 6.45) is 15.3. The Labute approximate surface area is 181 Å². The molecule has 0 amide bonds. The highest BCUT2D eigenvalue weighted by atomic mass is 16.5. The summed E-state index contributed by atoms with van der Waals surface area (Å²) in [6, 6.07) is 15.7. The van der Waals surface area contributed by atoms with Gasteiger partial charge in [0.05, 0.1) is 6.61 Å². The van der Waals surface area contributed by atoms with Gasteiger partial charge in [-0.05, 0) is 54.7 Å². The predicted molar refractivity (Wildman–Crippen MR) is 124 cm³/mol. The van der Waals surface area contributed by atoms with Gasteiger partial charge >= 0.3 is 5.97 Å². The van der Waals surface area contributed by atoms with E-state index in [1.54, 1.807) is 0 Å². The van der Waals surface area contributed by atoms with Gasteiger partial charge in [0, 0.05) is 12.8 Å². The molecule has 0 saturated heterocycles. The van der Waals surface area contributed by atoms with E-state index in [0.717, 1.165) is 68.4 Å². The molecule has 0 aliphatic heterocycles. The van der Waals surface area contributed by atoms with Crippen LogP contribution in [0.2, 0.25) is 0 Å². The first-order valence-electron chi connectivity index (χ1n) is 11.2. The summed E-state index contributed by atoms with van der Waals surface area (Å²) in [5.41, 5.74) is 2.19. The summed E-state index contributed by atoms with van der Waals surface area (Å²) in [5.74, 6) is 3.99. The van der Waals surface area contributed by atoms with Gasteiger partial charge in [-0.1, -0.05) is 63.3 Å². The molecule has 2 aromatic carbocycles. The number of carbonyl (C=O) groups is 1. The molecule has 2 rings (SSSR count). The molecule has 30 heavy (non-hydrogen) atoms. The lowest BCUT2D eigenvalue weighted by molar-refractivity contribution is -0.134. The number of terminal acetylenes is 1. The molecule has 3 heteroatoms. The average Bonchev–Trinajstić information content (AvgIpc) is 2.77. The van der Waals surface area contributed by atoms with E-state index in [4.69, 9.17) is 15.9 Å². The largest absolute Gasteiger partial charge is 0.494 e. The lowest BCUT2D eigenvalue weighted by Crippen LogP contribution is -2.07. The number of benzene rings is 2. The van der Waals surface area contributed by atoms with E-state index in [2.05, 4.69) is 25.0 Å². The van der Waals surface area contributed by atoms with Crippen molar-refractivity contribution in [2.24, 2.45) is 0 Å². The van der Waals surface area contributed by atoms with E-state index in [0.29, 0.717) is 12.2 Å². The molecule has 0 aliphatic rings. The quantitative estimate of drug-likeness (QED) is 0.144. The zero-order valence-corrected chi connectivity index (χ0v) is 18.2. The van der Waals surface area contributed by atoms with Gasteiger partial charge < -0.3 is 9.47 Å². The molecule has 3 nitrogen and oxygen atoms in total. The Morgan fingerprint density at radius 2 is 1.37 bits per heavy atom. The van der Waals surface area contributed by atoms with Gasteiger partial charge in [0.1, 0.15) is 11.5 Å². The number of carbonyl (C=O) groups excluding carboxylic acids is 1. The fraction of sp³-hybridized carbons (Fsp3) is 0.444. The lowest BCUT2D eigenvalue weighted by atomic mass is 10.1. The smallest absolute Gasteiger partial charge is 0.311 e. The molecule has 0 heterocycles. The standard InChI is InChI=1S/C27H34O3/c1-3-5-7-8-9-10-11-12-13-27(28)30-26-20-16-24(17-21-26)23-14-18-25(19-15-23)29-22-6-4-2/h1,14-21H,4-13,22H2,2H3. The van der Waals surface area contributed by atoms with Crippen LogP contribution in [0.3, 0.4) is 0 Å². The van der Waals surface area contributed by atoms with Gasteiger partial charge in [-0.3, -0.25) is 4.79 Å². The molecule has 0 bridgehead atoms. The lowest BCUT2D eigenvalue weighted by Gasteiger charge is -2.08. The monoisotopic (exact) mass is 406 g/mol. The van der Waals surface area contributed by atoms with E-state index in [1.807, 2.05) is 36.4 Å². The normalized spacial score (nSPS) is 10.4. The summed E-state index contributed by atoms with van der Waals surface area (Å²) in [4.78, 5) is 12.0. The number of unbranched alkanes of at least 4 members (excludes halogenated alkanes) is 7. The molecule has 0 aromatic heterocycles. The zero-order valence-electron chi connectivity index (χ0n) is 18.2. The number of ether oxygens (including phenoxy) is 2. The van der Waals surface area contributed by atoms with Crippen LogP contribution >= 0.6 is 0 Å². The molecule has 0 radical (unpaired) electrons. The molecule has 0 saturated carbocycles. The highest BCUT2D eigenvalue weighted by molar-refractivity contribution is 5.73. The number of rotatable bonds is 14. The highest BCUT2D eigenvalue weighted by Gasteiger charge is 2.06. The topological polar surface area (TPSA) is 35.5 Å². The summed E-state index contributed by atoms with van der Waals surface area (Å²) in [6.45, 7) is 2.90. The zero-order chi connectivity index (χ0) is 21.4. The van der Waals surface area contributed by atoms with Crippen molar-refractivity contribution in [3.63, 3.8) is 0 Å². The first-order valence-corrected chi connectivity index (χ1v) is 11.2. The first-order chi connectivity index (χ1) is 14.7. The van der Waals surface area contributed by atoms with Crippen molar-refractivity contribution >= 4 is 5.97 Å². The van der Waals surface area contributed by atoms with Crippen molar-refractivity contribution in [3.8, 4) is 35.0 Å².